The van der Waals surface area contributed by atoms with E-state index < -0.39 is 23.0 Å². The van der Waals surface area contributed by atoms with E-state index in [4.69, 9.17) is 16.7 Å². The van der Waals surface area contributed by atoms with Gasteiger partial charge in [-0.2, -0.15) is 0 Å². The summed E-state index contributed by atoms with van der Waals surface area (Å²) in [6.07, 6.45) is -0.162. The average molecular weight is 249 g/mol. The van der Waals surface area contributed by atoms with Crippen LogP contribution in [-0.2, 0) is 11.2 Å². The highest BCUT2D eigenvalue weighted by atomic mass is 35.5. The largest absolute Gasteiger partial charge is 0.481 e. The van der Waals surface area contributed by atoms with Crippen LogP contribution in [0.1, 0.15) is 19.4 Å². The fourth-order valence-electron chi connectivity index (χ4n) is 1.25. The molecule has 1 aromatic rings. The summed E-state index contributed by atoms with van der Waals surface area (Å²) < 4.78 is 26.5. The Morgan fingerprint density at radius 1 is 1.38 bits per heavy atom. The molecule has 1 aromatic carbocycles. The molecule has 0 radical (unpaired) electrons. The SMILES string of the molecule is CC(C)(Cc1c(F)ccc(F)c1Cl)C(=O)O. The second-order valence-electron chi connectivity index (χ2n) is 4.19. The van der Waals surface area contributed by atoms with Crippen LogP contribution in [0.15, 0.2) is 12.1 Å². The van der Waals surface area contributed by atoms with E-state index in [2.05, 4.69) is 0 Å². The van der Waals surface area contributed by atoms with Gasteiger partial charge < -0.3 is 5.11 Å². The van der Waals surface area contributed by atoms with Crippen molar-refractivity contribution < 1.29 is 18.7 Å². The average Bonchev–Trinajstić information content (AvgIpc) is 2.18. The number of halogens is 3. The van der Waals surface area contributed by atoms with E-state index in [0.29, 0.717) is 0 Å². The van der Waals surface area contributed by atoms with Crippen LogP contribution in [-0.4, -0.2) is 11.1 Å². The Balaban J connectivity index is 3.15. The monoisotopic (exact) mass is 248 g/mol. The Kier molecular flexibility index (Phi) is 3.53. The summed E-state index contributed by atoms with van der Waals surface area (Å²) in [5.74, 6) is -2.53. The summed E-state index contributed by atoms with van der Waals surface area (Å²) in [7, 11) is 0. The molecule has 16 heavy (non-hydrogen) atoms. The highest BCUT2D eigenvalue weighted by Gasteiger charge is 2.30. The Morgan fingerprint density at radius 2 is 1.88 bits per heavy atom. The minimum absolute atomic E-state index is 0.103. The molecule has 0 aromatic heterocycles. The molecule has 0 spiro atoms. The second-order valence-corrected chi connectivity index (χ2v) is 4.57. The number of carboxylic acid groups (broad SMARTS) is 1. The van der Waals surface area contributed by atoms with E-state index >= 15 is 0 Å². The first-order chi connectivity index (χ1) is 7.25. The molecule has 0 saturated carbocycles. The maximum absolute atomic E-state index is 13.4. The zero-order valence-electron chi connectivity index (χ0n) is 8.85. The topological polar surface area (TPSA) is 37.3 Å². The summed E-state index contributed by atoms with van der Waals surface area (Å²) in [5, 5.41) is 8.54. The van der Waals surface area contributed by atoms with Crippen molar-refractivity contribution >= 4 is 17.6 Å². The van der Waals surface area contributed by atoms with Crippen LogP contribution in [0.25, 0.3) is 0 Å². The Bertz CT molecular complexity index is 430. The van der Waals surface area contributed by atoms with Gasteiger partial charge in [-0.1, -0.05) is 11.6 Å². The number of hydrogen-bond acceptors (Lipinski definition) is 1. The molecule has 0 aliphatic carbocycles. The lowest BCUT2D eigenvalue weighted by molar-refractivity contribution is -0.146. The number of aliphatic carboxylic acids is 1. The summed E-state index contributed by atoms with van der Waals surface area (Å²) in [6, 6.07) is 1.85. The second kappa shape index (κ2) is 4.37. The van der Waals surface area contributed by atoms with Crippen LogP contribution in [0.4, 0.5) is 8.78 Å². The number of carbonyl (C=O) groups is 1. The molecule has 0 saturated heterocycles. The molecule has 0 fully saturated rings. The van der Waals surface area contributed by atoms with Crippen molar-refractivity contribution in [1.82, 2.24) is 0 Å². The van der Waals surface area contributed by atoms with Crippen LogP contribution < -0.4 is 0 Å². The van der Waals surface area contributed by atoms with Gasteiger partial charge in [0.15, 0.2) is 0 Å². The zero-order valence-corrected chi connectivity index (χ0v) is 9.61. The minimum atomic E-state index is -1.20. The zero-order chi connectivity index (χ0) is 12.5. The van der Waals surface area contributed by atoms with Gasteiger partial charge >= 0.3 is 5.97 Å². The lowest BCUT2D eigenvalue weighted by atomic mass is 9.85. The molecule has 0 aliphatic heterocycles. The van der Waals surface area contributed by atoms with Gasteiger partial charge in [0.1, 0.15) is 11.6 Å². The smallest absolute Gasteiger partial charge is 0.309 e. The van der Waals surface area contributed by atoms with Crippen molar-refractivity contribution in [2.24, 2.45) is 5.41 Å². The predicted octanol–water partition coefficient (Wildman–Crippen LogP) is 3.27. The molecule has 5 heteroatoms. The molecule has 0 bridgehead atoms. The molecule has 2 nitrogen and oxygen atoms in total. The molecular formula is C11H11ClF2O2. The third-order valence-corrected chi connectivity index (χ3v) is 2.75. The Labute approximate surface area is 96.8 Å². The van der Waals surface area contributed by atoms with E-state index in [1.54, 1.807) is 0 Å². The van der Waals surface area contributed by atoms with Gasteiger partial charge in [-0.15, -0.1) is 0 Å². The van der Waals surface area contributed by atoms with Gasteiger partial charge in [0.25, 0.3) is 0 Å². The van der Waals surface area contributed by atoms with E-state index in [9.17, 15) is 13.6 Å². The molecule has 1 N–H and O–H groups in total. The number of carboxylic acids is 1. The van der Waals surface area contributed by atoms with Gasteiger partial charge in [-0.05, 0) is 32.4 Å². The normalized spacial score (nSPS) is 11.6. The molecule has 0 heterocycles. The van der Waals surface area contributed by atoms with Crippen LogP contribution >= 0.6 is 11.6 Å². The number of rotatable bonds is 3. The van der Waals surface area contributed by atoms with Crippen LogP contribution in [0.3, 0.4) is 0 Å². The van der Waals surface area contributed by atoms with Crippen LogP contribution in [0.5, 0.6) is 0 Å². The molecule has 88 valence electrons. The van der Waals surface area contributed by atoms with Gasteiger partial charge in [0.2, 0.25) is 0 Å². The van der Waals surface area contributed by atoms with E-state index in [1.807, 2.05) is 0 Å². The fourth-order valence-corrected chi connectivity index (χ4v) is 1.47. The van der Waals surface area contributed by atoms with E-state index in [-0.39, 0.29) is 17.0 Å². The van der Waals surface area contributed by atoms with Crippen molar-refractivity contribution in [3.63, 3.8) is 0 Å². The van der Waals surface area contributed by atoms with Gasteiger partial charge in [-0.3, -0.25) is 4.79 Å². The van der Waals surface area contributed by atoms with E-state index in [0.717, 1.165) is 12.1 Å². The van der Waals surface area contributed by atoms with Crippen molar-refractivity contribution in [2.75, 3.05) is 0 Å². The van der Waals surface area contributed by atoms with E-state index in [1.165, 1.54) is 13.8 Å². The Morgan fingerprint density at radius 3 is 2.38 bits per heavy atom. The highest BCUT2D eigenvalue weighted by molar-refractivity contribution is 6.31. The quantitative estimate of drug-likeness (QED) is 0.834. The molecule has 0 unspecified atom stereocenters. The molecular weight excluding hydrogens is 238 g/mol. The first-order valence-electron chi connectivity index (χ1n) is 4.61. The highest BCUT2D eigenvalue weighted by Crippen LogP contribution is 2.30. The first kappa shape index (κ1) is 12.9. The standard InChI is InChI=1S/C11H11ClF2O2/c1-11(2,10(15)16)5-6-7(13)3-4-8(14)9(6)12/h3-4H,5H2,1-2H3,(H,15,16). The molecule has 1 rings (SSSR count). The van der Waals surface area contributed by atoms with Crippen molar-refractivity contribution in [2.45, 2.75) is 20.3 Å². The lowest BCUT2D eigenvalue weighted by Crippen LogP contribution is -2.26. The third-order valence-electron chi connectivity index (χ3n) is 2.34. The molecule has 0 amide bonds. The maximum Gasteiger partial charge on any atom is 0.309 e. The van der Waals surface area contributed by atoms with Crippen molar-refractivity contribution in [3.05, 3.63) is 34.4 Å². The summed E-state index contributed by atoms with van der Waals surface area (Å²) in [5.41, 5.74) is -1.30. The fraction of sp³-hybridized carbons (Fsp3) is 0.364. The van der Waals surface area contributed by atoms with Crippen molar-refractivity contribution in [3.8, 4) is 0 Å². The summed E-state index contributed by atoms with van der Waals surface area (Å²) in [4.78, 5) is 10.9. The van der Waals surface area contributed by atoms with Gasteiger partial charge in [0.05, 0.1) is 10.4 Å². The number of hydrogen-bond donors (Lipinski definition) is 1. The minimum Gasteiger partial charge on any atom is -0.481 e. The Hall–Kier alpha value is -1.16. The maximum atomic E-state index is 13.4. The first-order valence-corrected chi connectivity index (χ1v) is 4.99. The van der Waals surface area contributed by atoms with Crippen LogP contribution in [0.2, 0.25) is 5.02 Å². The summed E-state index contributed by atoms with van der Waals surface area (Å²) in [6.45, 7) is 2.85. The van der Waals surface area contributed by atoms with Crippen molar-refractivity contribution in [1.29, 1.82) is 0 Å². The molecule has 0 atom stereocenters. The van der Waals surface area contributed by atoms with Gasteiger partial charge in [0, 0.05) is 5.56 Å². The summed E-state index contributed by atoms with van der Waals surface area (Å²) >= 11 is 5.60. The van der Waals surface area contributed by atoms with Crippen LogP contribution in [0, 0.1) is 17.0 Å². The van der Waals surface area contributed by atoms with Gasteiger partial charge in [-0.25, -0.2) is 8.78 Å². The molecule has 0 aliphatic rings. The predicted molar refractivity (Wildman–Crippen MR) is 56.5 cm³/mol. The third kappa shape index (κ3) is 2.50. The lowest BCUT2D eigenvalue weighted by Gasteiger charge is -2.20. The number of benzene rings is 1.